The van der Waals surface area contributed by atoms with Gasteiger partial charge in [-0.25, -0.2) is 4.79 Å². The summed E-state index contributed by atoms with van der Waals surface area (Å²) in [4.78, 5) is 25.3. The molecule has 5 heteroatoms. The van der Waals surface area contributed by atoms with Gasteiger partial charge in [0.15, 0.2) is 0 Å². The minimum absolute atomic E-state index is 0.0552. The second-order valence-corrected chi connectivity index (χ2v) is 6.51. The van der Waals surface area contributed by atoms with E-state index < -0.39 is 12.0 Å². The minimum atomic E-state index is -0.891. The molecule has 0 aliphatic carbocycles. The first kappa shape index (κ1) is 17.0. The lowest BCUT2D eigenvalue weighted by molar-refractivity contribution is -0.153. The van der Waals surface area contributed by atoms with Crippen LogP contribution < -0.4 is 5.73 Å². The van der Waals surface area contributed by atoms with Gasteiger partial charge < -0.3 is 15.7 Å². The number of rotatable bonds is 6. The lowest BCUT2D eigenvalue weighted by Crippen LogP contribution is -2.50. The van der Waals surface area contributed by atoms with E-state index in [9.17, 15) is 14.7 Å². The normalized spacial score (nSPS) is 24.8. The van der Waals surface area contributed by atoms with Gasteiger partial charge in [0.05, 0.1) is 0 Å². The highest BCUT2D eigenvalue weighted by molar-refractivity contribution is 5.84. The Bertz CT molecular complexity index is 344. The average molecular weight is 284 g/mol. The van der Waals surface area contributed by atoms with Crippen molar-refractivity contribution >= 4 is 11.9 Å². The molecule has 1 saturated heterocycles. The fourth-order valence-electron chi connectivity index (χ4n) is 2.97. The highest BCUT2D eigenvalue weighted by Gasteiger charge is 2.35. The summed E-state index contributed by atoms with van der Waals surface area (Å²) in [7, 11) is 0. The van der Waals surface area contributed by atoms with Crippen molar-refractivity contribution in [1.29, 1.82) is 0 Å². The fraction of sp³-hybridized carbons (Fsp3) is 0.867. The fourth-order valence-corrected chi connectivity index (χ4v) is 2.97. The van der Waals surface area contributed by atoms with Gasteiger partial charge >= 0.3 is 5.97 Å². The monoisotopic (exact) mass is 284 g/mol. The number of nitrogens with zero attached hydrogens (tertiary/aromatic N) is 1. The Morgan fingerprint density at radius 3 is 2.55 bits per heavy atom. The van der Waals surface area contributed by atoms with Crippen molar-refractivity contribution in [2.45, 2.75) is 52.5 Å². The van der Waals surface area contributed by atoms with E-state index in [0.29, 0.717) is 37.8 Å². The Morgan fingerprint density at radius 1 is 1.40 bits per heavy atom. The van der Waals surface area contributed by atoms with Crippen molar-refractivity contribution in [3.8, 4) is 0 Å². The molecule has 3 atom stereocenters. The van der Waals surface area contributed by atoms with Gasteiger partial charge in [-0.1, -0.05) is 20.8 Å². The van der Waals surface area contributed by atoms with Crippen LogP contribution in [0, 0.1) is 17.8 Å². The van der Waals surface area contributed by atoms with Gasteiger partial charge in [-0.2, -0.15) is 0 Å². The molecule has 0 aromatic carbocycles. The summed E-state index contributed by atoms with van der Waals surface area (Å²) < 4.78 is 0. The summed E-state index contributed by atoms with van der Waals surface area (Å²) in [5.74, 6) is 0.0591. The molecule has 1 amide bonds. The summed E-state index contributed by atoms with van der Waals surface area (Å²) in [6, 6.07) is -0.663. The largest absolute Gasteiger partial charge is 0.480 e. The molecule has 0 aromatic heterocycles. The molecule has 3 N–H and O–H groups in total. The van der Waals surface area contributed by atoms with E-state index in [2.05, 4.69) is 13.8 Å². The van der Waals surface area contributed by atoms with E-state index in [1.54, 1.807) is 4.90 Å². The third-order valence-electron chi connectivity index (χ3n) is 4.07. The number of carboxylic acids is 1. The summed E-state index contributed by atoms with van der Waals surface area (Å²) in [6.45, 7) is 7.28. The number of piperidine rings is 1. The van der Waals surface area contributed by atoms with Crippen molar-refractivity contribution in [2.75, 3.05) is 13.1 Å². The molecular formula is C15H28N2O3. The van der Waals surface area contributed by atoms with Crippen LogP contribution in [-0.2, 0) is 9.59 Å². The Hall–Kier alpha value is -1.10. The standard InChI is InChI=1S/C15H28N2O3/c1-10(2)6-12(9-16)8-14(18)17-5-4-11(3)7-13(17)15(19)20/h10-13H,4-9,16H2,1-3H3,(H,19,20)/t11?,12-,13?/m0/s1. The van der Waals surface area contributed by atoms with Crippen LogP contribution in [0.1, 0.15) is 46.5 Å². The van der Waals surface area contributed by atoms with E-state index in [1.807, 2.05) is 6.92 Å². The van der Waals surface area contributed by atoms with Gasteiger partial charge in [0.2, 0.25) is 5.91 Å². The second kappa shape index (κ2) is 7.62. The van der Waals surface area contributed by atoms with Gasteiger partial charge in [0.25, 0.3) is 0 Å². The maximum atomic E-state index is 12.4. The van der Waals surface area contributed by atoms with Crippen molar-refractivity contribution in [3.63, 3.8) is 0 Å². The predicted molar refractivity (Wildman–Crippen MR) is 78.2 cm³/mol. The van der Waals surface area contributed by atoms with Gasteiger partial charge in [0, 0.05) is 13.0 Å². The first-order valence-electron chi connectivity index (χ1n) is 7.57. The maximum absolute atomic E-state index is 12.4. The van der Waals surface area contributed by atoms with Crippen LogP contribution >= 0.6 is 0 Å². The first-order chi connectivity index (χ1) is 9.35. The topological polar surface area (TPSA) is 83.6 Å². The van der Waals surface area contributed by atoms with E-state index >= 15 is 0 Å². The molecular weight excluding hydrogens is 256 g/mol. The van der Waals surface area contributed by atoms with Gasteiger partial charge in [-0.3, -0.25) is 4.79 Å². The number of amides is 1. The number of carbonyl (C=O) groups excluding carboxylic acids is 1. The van der Waals surface area contributed by atoms with E-state index in [1.165, 1.54) is 0 Å². The molecule has 0 radical (unpaired) electrons. The highest BCUT2D eigenvalue weighted by Crippen LogP contribution is 2.25. The number of carbonyl (C=O) groups is 2. The van der Waals surface area contributed by atoms with Crippen molar-refractivity contribution < 1.29 is 14.7 Å². The van der Waals surface area contributed by atoms with Gasteiger partial charge in [-0.15, -0.1) is 0 Å². The van der Waals surface area contributed by atoms with Crippen LogP contribution in [0.2, 0.25) is 0 Å². The molecule has 0 spiro atoms. The summed E-state index contributed by atoms with van der Waals surface area (Å²) in [6.07, 6.45) is 2.71. The summed E-state index contributed by atoms with van der Waals surface area (Å²) in [5, 5.41) is 9.29. The third-order valence-corrected chi connectivity index (χ3v) is 4.07. The molecule has 1 heterocycles. The number of aliphatic carboxylic acids is 1. The van der Waals surface area contributed by atoms with Crippen LogP contribution in [0.5, 0.6) is 0 Å². The molecule has 0 bridgehead atoms. The minimum Gasteiger partial charge on any atom is -0.480 e. The van der Waals surface area contributed by atoms with E-state index in [4.69, 9.17) is 5.73 Å². The predicted octanol–water partition coefficient (Wildman–Crippen LogP) is 1.71. The first-order valence-corrected chi connectivity index (χ1v) is 7.57. The van der Waals surface area contributed by atoms with E-state index in [-0.39, 0.29) is 11.8 Å². The SMILES string of the molecule is CC(C)C[C@H](CN)CC(=O)N1CCC(C)CC1C(=O)O. The number of hydrogen-bond donors (Lipinski definition) is 2. The Kier molecular flexibility index (Phi) is 6.46. The number of nitrogens with two attached hydrogens (primary N) is 1. The molecule has 1 aliphatic heterocycles. The van der Waals surface area contributed by atoms with Crippen molar-refractivity contribution in [2.24, 2.45) is 23.5 Å². The summed E-state index contributed by atoms with van der Waals surface area (Å²) in [5.41, 5.74) is 5.73. The molecule has 0 saturated carbocycles. The Balaban J connectivity index is 2.66. The smallest absolute Gasteiger partial charge is 0.326 e. The molecule has 0 aromatic rings. The molecule has 1 rings (SSSR count). The zero-order chi connectivity index (χ0) is 15.3. The average Bonchev–Trinajstić information content (AvgIpc) is 2.36. The zero-order valence-electron chi connectivity index (χ0n) is 12.8. The van der Waals surface area contributed by atoms with Crippen LogP contribution in [0.3, 0.4) is 0 Å². The van der Waals surface area contributed by atoms with E-state index in [0.717, 1.165) is 12.8 Å². The lowest BCUT2D eigenvalue weighted by atomic mass is 9.90. The van der Waals surface area contributed by atoms with Crippen molar-refractivity contribution in [1.82, 2.24) is 4.90 Å². The van der Waals surface area contributed by atoms with Gasteiger partial charge in [-0.05, 0) is 43.6 Å². The third kappa shape index (κ3) is 4.78. The van der Waals surface area contributed by atoms with Crippen LogP contribution in [0.25, 0.3) is 0 Å². The van der Waals surface area contributed by atoms with Crippen LogP contribution in [-0.4, -0.2) is 41.0 Å². The molecule has 5 nitrogen and oxygen atoms in total. The zero-order valence-corrected chi connectivity index (χ0v) is 12.8. The molecule has 2 unspecified atom stereocenters. The van der Waals surface area contributed by atoms with Crippen LogP contribution in [0.4, 0.5) is 0 Å². The molecule has 1 aliphatic rings. The van der Waals surface area contributed by atoms with Crippen molar-refractivity contribution in [3.05, 3.63) is 0 Å². The Labute approximate surface area is 121 Å². The lowest BCUT2D eigenvalue weighted by Gasteiger charge is -2.36. The number of likely N-dealkylation sites (tertiary alicyclic amines) is 1. The Morgan fingerprint density at radius 2 is 2.05 bits per heavy atom. The van der Waals surface area contributed by atoms with Crippen LogP contribution in [0.15, 0.2) is 0 Å². The molecule has 1 fully saturated rings. The second-order valence-electron chi connectivity index (χ2n) is 6.51. The summed E-state index contributed by atoms with van der Waals surface area (Å²) >= 11 is 0. The quantitative estimate of drug-likeness (QED) is 0.777. The maximum Gasteiger partial charge on any atom is 0.326 e. The number of hydrogen-bond acceptors (Lipinski definition) is 3. The van der Waals surface area contributed by atoms with Gasteiger partial charge in [0.1, 0.15) is 6.04 Å². The molecule has 116 valence electrons. The number of carboxylic acid groups (broad SMARTS) is 1. The highest BCUT2D eigenvalue weighted by atomic mass is 16.4. The molecule has 20 heavy (non-hydrogen) atoms.